The summed E-state index contributed by atoms with van der Waals surface area (Å²) in [6.07, 6.45) is 4.19. The fourth-order valence-electron chi connectivity index (χ4n) is 2.27. The molecule has 0 spiro atoms. The van der Waals surface area contributed by atoms with E-state index in [4.69, 9.17) is 23.2 Å². The topological polar surface area (TPSA) is 3.88 Å². The average molecular weight is 351 g/mol. The van der Waals surface area contributed by atoms with Crippen LogP contribution in [0.4, 0.5) is 0 Å². The standard InChI is InChI=1S/C18H14Cl2N.ClH/c19-17-9-8-14(11-18(17)20)12-21-10-4-7-16(13-21)15-5-2-1-3-6-15;/h1-11,13H,12H2;1H/q+1;/p-1. The molecule has 0 bridgehead atoms. The van der Waals surface area contributed by atoms with Crippen molar-refractivity contribution in [2.45, 2.75) is 6.54 Å². The second kappa shape index (κ2) is 7.64. The quantitative estimate of drug-likeness (QED) is 0.636. The molecule has 3 rings (SSSR count). The van der Waals surface area contributed by atoms with Gasteiger partial charge in [-0.25, -0.2) is 4.57 Å². The summed E-state index contributed by atoms with van der Waals surface area (Å²) in [6, 6.07) is 20.2. The van der Waals surface area contributed by atoms with Crippen LogP contribution in [0.3, 0.4) is 0 Å². The molecule has 0 aliphatic carbocycles. The Kier molecular flexibility index (Phi) is 5.84. The zero-order valence-electron chi connectivity index (χ0n) is 11.7. The fraction of sp³-hybridized carbons (Fsp3) is 0.0556. The molecule has 4 heteroatoms. The SMILES string of the molecule is Clc1ccc(C[n+]2cccc(-c3ccccc3)c2)cc1Cl.[Cl-]. The van der Waals surface area contributed by atoms with Crippen LogP contribution in [-0.2, 0) is 6.54 Å². The Labute approximate surface area is 146 Å². The Balaban J connectivity index is 0.00000176. The highest BCUT2D eigenvalue weighted by atomic mass is 35.5. The van der Waals surface area contributed by atoms with Crippen molar-refractivity contribution in [3.05, 3.63) is 88.7 Å². The van der Waals surface area contributed by atoms with Gasteiger partial charge in [0.15, 0.2) is 18.9 Å². The van der Waals surface area contributed by atoms with E-state index in [0.29, 0.717) is 10.0 Å². The monoisotopic (exact) mass is 349 g/mol. The van der Waals surface area contributed by atoms with Gasteiger partial charge in [0.25, 0.3) is 0 Å². The molecule has 3 aromatic rings. The van der Waals surface area contributed by atoms with E-state index in [1.54, 1.807) is 0 Å². The summed E-state index contributed by atoms with van der Waals surface area (Å²) in [4.78, 5) is 0. The van der Waals surface area contributed by atoms with E-state index in [-0.39, 0.29) is 12.4 Å². The molecule has 2 aromatic carbocycles. The molecule has 0 aliphatic rings. The minimum atomic E-state index is 0. The van der Waals surface area contributed by atoms with Crippen LogP contribution in [-0.4, -0.2) is 0 Å². The maximum atomic E-state index is 6.07. The van der Waals surface area contributed by atoms with Gasteiger partial charge in [-0.1, -0.05) is 59.6 Å². The summed E-state index contributed by atoms with van der Waals surface area (Å²) >= 11 is 12.0. The number of rotatable bonds is 3. The molecule has 0 saturated carbocycles. The van der Waals surface area contributed by atoms with Gasteiger partial charge in [-0.3, -0.25) is 0 Å². The van der Waals surface area contributed by atoms with E-state index >= 15 is 0 Å². The summed E-state index contributed by atoms with van der Waals surface area (Å²) in [7, 11) is 0. The van der Waals surface area contributed by atoms with E-state index in [2.05, 4.69) is 41.2 Å². The molecule has 112 valence electrons. The Morgan fingerprint density at radius 3 is 2.23 bits per heavy atom. The van der Waals surface area contributed by atoms with Gasteiger partial charge in [-0.15, -0.1) is 0 Å². The van der Waals surface area contributed by atoms with Crippen molar-refractivity contribution in [1.82, 2.24) is 0 Å². The largest absolute Gasteiger partial charge is 1.00 e. The molecule has 1 nitrogen and oxygen atoms in total. The summed E-state index contributed by atoms with van der Waals surface area (Å²) in [5.41, 5.74) is 3.53. The van der Waals surface area contributed by atoms with Crippen LogP contribution in [0.15, 0.2) is 73.1 Å². The number of pyridine rings is 1. The maximum Gasteiger partial charge on any atom is 0.176 e. The highest BCUT2D eigenvalue weighted by Crippen LogP contribution is 2.22. The van der Waals surface area contributed by atoms with Crippen molar-refractivity contribution in [3.63, 3.8) is 0 Å². The first kappa shape index (κ1) is 16.8. The molecular formula is C18H14Cl3N. The first-order valence-corrected chi connectivity index (χ1v) is 7.46. The molecule has 0 atom stereocenters. The lowest BCUT2D eigenvalue weighted by Gasteiger charge is -2.03. The first-order chi connectivity index (χ1) is 10.2. The van der Waals surface area contributed by atoms with Gasteiger partial charge in [0.2, 0.25) is 0 Å². The molecule has 0 saturated heterocycles. The average Bonchev–Trinajstić information content (AvgIpc) is 2.52. The van der Waals surface area contributed by atoms with E-state index < -0.39 is 0 Å². The first-order valence-electron chi connectivity index (χ1n) is 6.71. The summed E-state index contributed by atoms with van der Waals surface area (Å²) in [5.74, 6) is 0. The molecule has 22 heavy (non-hydrogen) atoms. The highest BCUT2D eigenvalue weighted by Gasteiger charge is 2.07. The minimum Gasteiger partial charge on any atom is -1.00 e. The molecule has 0 unspecified atom stereocenters. The van der Waals surface area contributed by atoms with Crippen molar-refractivity contribution in [3.8, 4) is 11.1 Å². The third-order valence-corrected chi connectivity index (χ3v) is 4.05. The number of nitrogens with zero attached hydrogens (tertiary/aromatic N) is 1. The van der Waals surface area contributed by atoms with Crippen LogP contribution in [0, 0.1) is 0 Å². The van der Waals surface area contributed by atoms with Gasteiger partial charge in [-0.2, -0.15) is 0 Å². The number of aromatic nitrogens is 1. The molecule has 1 heterocycles. The number of benzene rings is 2. The highest BCUT2D eigenvalue weighted by molar-refractivity contribution is 6.42. The van der Waals surface area contributed by atoms with Crippen molar-refractivity contribution >= 4 is 23.2 Å². The lowest BCUT2D eigenvalue weighted by atomic mass is 10.1. The molecule has 0 N–H and O–H groups in total. The van der Waals surface area contributed by atoms with Gasteiger partial charge >= 0.3 is 0 Å². The van der Waals surface area contributed by atoms with Crippen LogP contribution < -0.4 is 17.0 Å². The van der Waals surface area contributed by atoms with Crippen LogP contribution in [0.1, 0.15) is 5.56 Å². The molecular weight excluding hydrogens is 337 g/mol. The minimum absolute atomic E-state index is 0. The molecule has 0 fully saturated rings. The summed E-state index contributed by atoms with van der Waals surface area (Å²) in [5, 5.41) is 1.18. The van der Waals surface area contributed by atoms with Crippen LogP contribution >= 0.6 is 23.2 Å². The van der Waals surface area contributed by atoms with Crippen molar-refractivity contribution in [2.75, 3.05) is 0 Å². The summed E-state index contributed by atoms with van der Waals surface area (Å²) in [6.45, 7) is 0.761. The molecule has 1 aromatic heterocycles. The second-order valence-corrected chi connectivity index (χ2v) is 5.69. The van der Waals surface area contributed by atoms with Gasteiger partial charge in [-0.05, 0) is 23.8 Å². The lowest BCUT2D eigenvalue weighted by Crippen LogP contribution is -3.00. The number of halogens is 3. The van der Waals surface area contributed by atoms with E-state index in [1.807, 2.05) is 36.4 Å². The predicted molar refractivity (Wildman–Crippen MR) is 87.6 cm³/mol. The Hall–Kier alpha value is -1.54. The smallest absolute Gasteiger partial charge is 0.176 e. The van der Waals surface area contributed by atoms with Gasteiger partial charge in [0.05, 0.1) is 10.0 Å². The molecule has 0 amide bonds. The fourth-order valence-corrected chi connectivity index (χ4v) is 2.59. The predicted octanol–water partition coefficient (Wildman–Crippen LogP) is 2.00. The van der Waals surface area contributed by atoms with Crippen LogP contribution in [0.5, 0.6) is 0 Å². The third kappa shape index (κ3) is 4.01. The Bertz CT molecular complexity index is 757. The van der Waals surface area contributed by atoms with E-state index in [1.165, 1.54) is 11.1 Å². The Morgan fingerprint density at radius 2 is 1.50 bits per heavy atom. The zero-order chi connectivity index (χ0) is 14.7. The van der Waals surface area contributed by atoms with Gasteiger partial charge < -0.3 is 12.4 Å². The van der Waals surface area contributed by atoms with Crippen molar-refractivity contribution in [1.29, 1.82) is 0 Å². The Morgan fingerprint density at radius 1 is 0.773 bits per heavy atom. The van der Waals surface area contributed by atoms with Gasteiger partial charge in [0, 0.05) is 17.2 Å². The lowest BCUT2D eigenvalue weighted by molar-refractivity contribution is -0.687. The van der Waals surface area contributed by atoms with Crippen molar-refractivity contribution < 1.29 is 17.0 Å². The maximum absolute atomic E-state index is 6.07. The number of hydrogen-bond donors (Lipinski definition) is 0. The van der Waals surface area contributed by atoms with Crippen molar-refractivity contribution in [2.24, 2.45) is 0 Å². The second-order valence-electron chi connectivity index (χ2n) is 4.88. The van der Waals surface area contributed by atoms with Gasteiger partial charge in [0.1, 0.15) is 0 Å². The zero-order valence-corrected chi connectivity index (χ0v) is 14.0. The van der Waals surface area contributed by atoms with E-state index in [9.17, 15) is 0 Å². The number of hydrogen-bond acceptors (Lipinski definition) is 0. The molecule has 0 aliphatic heterocycles. The molecule has 0 radical (unpaired) electrons. The van der Waals surface area contributed by atoms with E-state index in [0.717, 1.165) is 12.1 Å². The normalized spacial score (nSPS) is 10.1. The third-order valence-electron chi connectivity index (χ3n) is 3.31. The van der Waals surface area contributed by atoms with Crippen LogP contribution in [0.25, 0.3) is 11.1 Å². The van der Waals surface area contributed by atoms with Crippen LogP contribution in [0.2, 0.25) is 10.0 Å². The summed E-state index contributed by atoms with van der Waals surface area (Å²) < 4.78 is 2.14.